The van der Waals surface area contributed by atoms with Crippen LogP contribution >= 0.6 is 0 Å². The van der Waals surface area contributed by atoms with Crippen LogP contribution in [0.2, 0.25) is 0 Å². The number of amides is 1. The van der Waals surface area contributed by atoms with Crippen LogP contribution in [-0.2, 0) is 10.9 Å². The first-order valence-electron chi connectivity index (χ1n) is 8.85. The van der Waals surface area contributed by atoms with Gasteiger partial charge in [-0.05, 0) is 18.5 Å². The fraction of sp³-hybridized carbons (Fsp3) is 0.267. The lowest BCUT2D eigenvalue weighted by Crippen LogP contribution is -2.37. The lowest BCUT2D eigenvalue weighted by atomic mass is 9.96. The van der Waals surface area contributed by atoms with Crippen LogP contribution in [0.15, 0.2) is 35.7 Å². The summed E-state index contributed by atoms with van der Waals surface area (Å²) in [7, 11) is 0. The number of benzene rings is 1. The van der Waals surface area contributed by atoms with Crippen molar-refractivity contribution in [2.24, 2.45) is 5.10 Å². The second-order valence-corrected chi connectivity index (χ2v) is 5.04. The summed E-state index contributed by atoms with van der Waals surface area (Å²) in [5.74, 6) is 0. The van der Waals surface area contributed by atoms with Crippen LogP contribution in [0.1, 0.15) is 30.0 Å². The number of alkyl halides is 5. The van der Waals surface area contributed by atoms with Crippen molar-refractivity contribution in [3.63, 3.8) is 0 Å². The van der Waals surface area contributed by atoms with E-state index in [0.717, 1.165) is 18.3 Å². The van der Waals surface area contributed by atoms with E-state index in [9.17, 15) is 26.7 Å². The third-order valence-electron chi connectivity index (χ3n) is 3.38. The SMILES string of the molecule is [2H]C([2H])([2H])[C@]1([2H])OC(=O)NN=C1c1ccc(-c2cnn(C(F)F)c2)c(C(F)(F)F)c1. The Hall–Kier alpha value is -2.98. The summed E-state index contributed by atoms with van der Waals surface area (Å²) in [6, 6.07) is 2.38. The summed E-state index contributed by atoms with van der Waals surface area (Å²) in [4.78, 5) is 11.4. The van der Waals surface area contributed by atoms with E-state index in [1.165, 1.54) is 0 Å². The number of hydrazone groups is 1. The van der Waals surface area contributed by atoms with Gasteiger partial charge in [-0.3, -0.25) is 0 Å². The Labute approximate surface area is 148 Å². The third kappa shape index (κ3) is 3.37. The number of halogens is 5. The molecule has 1 aromatic carbocycles. The van der Waals surface area contributed by atoms with Crippen molar-refractivity contribution in [2.75, 3.05) is 0 Å². The third-order valence-corrected chi connectivity index (χ3v) is 3.38. The number of hydrogen-bond acceptors (Lipinski definition) is 4. The summed E-state index contributed by atoms with van der Waals surface area (Å²) in [5.41, 5.74) is -1.60. The number of carbonyl (C=O) groups is 1. The zero-order valence-corrected chi connectivity index (χ0v) is 12.5. The molecule has 0 spiro atoms. The topological polar surface area (TPSA) is 68.5 Å². The van der Waals surface area contributed by atoms with Crippen LogP contribution in [0.4, 0.5) is 26.7 Å². The molecule has 1 aliphatic rings. The highest BCUT2D eigenvalue weighted by atomic mass is 19.4. The van der Waals surface area contributed by atoms with Gasteiger partial charge in [0, 0.05) is 21.4 Å². The molecule has 0 saturated heterocycles. The van der Waals surface area contributed by atoms with Crippen molar-refractivity contribution in [1.29, 1.82) is 0 Å². The van der Waals surface area contributed by atoms with Crippen LogP contribution in [0.5, 0.6) is 0 Å². The number of hydrogen-bond donors (Lipinski definition) is 1. The predicted molar refractivity (Wildman–Crippen MR) is 79.5 cm³/mol. The zero-order chi connectivity index (χ0) is 22.5. The molecule has 6 nitrogen and oxygen atoms in total. The normalized spacial score (nSPS) is 23.3. The van der Waals surface area contributed by atoms with Crippen molar-refractivity contribution in [1.82, 2.24) is 15.2 Å². The summed E-state index contributed by atoms with van der Waals surface area (Å²) in [5, 5.41) is 6.71. The fourth-order valence-electron chi connectivity index (χ4n) is 2.27. The summed E-state index contributed by atoms with van der Waals surface area (Å²) < 4.78 is 101. The zero-order valence-electron chi connectivity index (χ0n) is 16.5. The van der Waals surface area contributed by atoms with Crippen molar-refractivity contribution < 1.29 is 37.0 Å². The molecule has 2 aromatic rings. The molecule has 1 atom stereocenters. The molecule has 1 N–H and O–H groups in total. The maximum absolute atomic E-state index is 13.7. The quantitative estimate of drug-likeness (QED) is 0.827. The van der Waals surface area contributed by atoms with Crippen LogP contribution in [0, 0.1) is 0 Å². The minimum absolute atomic E-state index is 0.168. The van der Waals surface area contributed by atoms with E-state index >= 15 is 0 Å². The van der Waals surface area contributed by atoms with E-state index in [2.05, 4.69) is 14.9 Å². The first-order valence-corrected chi connectivity index (χ1v) is 6.85. The molecule has 0 unspecified atom stereocenters. The van der Waals surface area contributed by atoms with Crippen LogP contribution in [0.3, 0.4) is 0 Å². The van der Waals surface area contributed by atoms with Crippen molar-refractivity contribution in [3.8, 4) is 11.1 Å². The number of nitrogens with zero attached hydrogens (tertiary/aromatic N) is 3. The highest BCUT2D eigenvalue weighted by Crippen LogP contribution is 2.38. The molecule has 1 aliphatic heterocycles. The highest BCUT2D eigenvalue weighted by Gasteiger charge is 2.35. The summed E-state index contributed by atoms with van der Waals surface area (Å²) in [6.07, 6.45) is -7.89. The van der Waals surface area contributed by atoms with Crippen LogP contribution in [0.25, 0.3) is 11.1 Å². The van der Waals surface area contributed by atoms with Gasteiger partial charge in [-0.15, -0.1) is 0 Å². The van der Waals surface area contributed by atoms with E-state index in [4.69, 9.17) is 5.48 Å². The molecular weight excluding hydrogens is 363 g/mol. The van der Waals surface area contributed by atoms with Crippen molar-refractivity contribution in [3.05, 3.63) is 41.7 Å². The van der Waals surface area contributed by atoms with E-state index in [0.29, 0.717) is 12.3 Å². The summed E-state index contributed by atoms with van der Waals surface area (Å²) >= 11 is 0. The molecule has 0 radical (unpaired) electrons. The van der Waals surface area contributed by atoms with Gasteiger partial charge in [-0.25, -0.2) is 14.9 Å². The Bertz CT molecular complexity index is 1020. The van der Waals surface area contributed by atoms with Gasteiger partial charge < -0.3 is 4.74 Å². The minimum atomic E-state index is -4.98. The van der Waals surface area contributed by atoms with Gasteiger partial charge in [0.1, 0.15) is 11.8 Å². The Morgan fingerprint density at radius 2 is 2.15 bits per heavy atom. The van der Waals surface area contributed by atoms with Gasteiger partial charge in [0.05, 0.1) is 13.1 Å². The minimum Gasteiger partial charge on any atom is -0.439 e. The van der Waals surface area contributed by atoms with Gasteiger partial charge in [0.25, 0.3) is 0 Å². The van der Waals surface area contributed by atoms with E-state index in [1.54, 1.807) is 5.43 Å². The van der Waals surface area contributed by atoms with Crippen molar-refractivity contribution in [2.45, 2.75) is 25.7 Å². The molecule has 11 heteroatoms. The highest BCUT2D eigenvalue weighted by molar-refractivity contribution is 6.06. The van der Waals surface area contributed by atoms with Crippen molar-refractivity contribution >= 4 is 11.8 Å². The van der Waals surface area contributed by atoms with Gasteiger partial charge in [-0.2, -0.15) is 32.2 Å². The number of aromatic nitrogens is 2. The number of nitrogens with one attached hydrogen (secondary N) is 1. The molecule has 2 heterocycles. The first kappa shape index (κ1) is 13.3. The van der Waals surface area contributed by atoms with E-state index < -0.39 is 54.2 Å². The Morgan fingerprint density at radius 3 is 2.77 bits per heavy atom. The Balaban J connectivity index is 2.17. The molecule has 1 aromatic heterocycles. The second-order valence-electron chi connectivity index (χ2n) is 5.04. The molecule has 0 bridgehead atoms. The number of ether oxygens (including phenoxy) is 1. The van der Waals surface area contributed by atoms with E-state index in [-0.39, 0.29) is 10.2 Å². The lowest BCUT2D eigenvalue weighted by Gasteiger charge is -2.21. The smallest absolute Gasteiger partial charge is 0.428 e. The number of carbonyl (C=O) groups excluding carboxylic acids is 1. The average molecular weight is 378 g/mol. The standard InChI is InChI=1S/C15H11F5N4O2/c1-7-12(22-23-14(25)26-7)8-2-3-10(11(4-8)15(18,19)20)9-5-21-24(6-9)13(16)17/h2-7,13H,1H3,(H,23,25)/t7-/m0/s1/i1D3,7D. The van der Waals surface area contributed by atoms with Crippen LogP contribution < -0.4 is 5.43 Å². The Kier molecular flexibility index (Phi) is 3.26. The molecule has 3 rings (SSSR count). The molecule has 0 aliphatic carbocycles. The molecule has 1 amide bonds. The average Bonchev–Trinajstić information content (AvgIpc) is 3.10. The maximum Gasteiger partial charge on any atom is 0.428 e. The van der Waals surface area contributed by atoms with Gasteiger partial charge in [0.15, 0.2) is 0 Å². The summed E-state index contributed by atoms with van der Waals surface area (Å²) in [6.45, 7) is -6.34. The maximum atomic E-state index is 13.7. The largest absolute Gasteiger partial charge is 0.439 e. The number of rotatable bonds is 3. The van der Waals surface area contributed by atoms with Crippen LogP contribution in [-0.4, -0.2) is 27.7 Å². The van der Waals surface area contributed by atoms with Gasteiger partial charge in [-0.1, -0.05) is 12.1 Å². The fourth-order valence-corrected chi connectivity index (χ4v) is 2.27. The molecule has 26 heavy (non-hydrogen) atoms. The molecule has 138 valence electrons. The van der Waals surface area contributed by atoms with E-state index in [1.807, 2.05) is 0 Å². The first-order chi connectivity index (χ1) is 13.7. The predicted octanol–water partition coefficient (Wildman–Crippen LogP) is 3.80. The molecule has 0 saturated carbocycles. The van der Waals surface area contributed by atoms with Gasteiger partial charge >= 0.3 is 18.8 Å². The van der Waals surface area contributed by atoms with Gasteiger partial charge in [0.2, 0.25) is 0 Å². The number of cyclic esters (lactones) is 1. The molecule has 0 fully saturated rings. The monoisotopic (exact) mass is 378 g/mol. The lowest BCUT2D eigenvalue weighted by molar-refractivity contribution is -0.137. The molecular formula is C15H11F5N4O2. The second kappa shape index (κ2) is 6.39. The Morgan fingerprint density at radius 1 is 1.38 bits per heavy atom.